The minimum atomic E-state index is 0.679. The highest BCUT2D eigenvalue weighted by atomic mass is 14.2. The van der Waals surface area contributed by atoms with E-state index < -0.39 is 0 Å². The van der Waals surface area contributed by atoms with Gasteiger partial charge in [-0.05, 0) is 37.1 Å². The van der Waals surface area contributed by atoms with Crippen molar-refractivity contribution in [3.05, 3.63) is 47.0 Å². The quantitative estimate of drug-likeness (QED) is 0.561. The Kier molecular flexibility index (Phi) is 6.37. The normalized spacial score (nSPS) is 10.4. The van der Waals surface area contributed by atoms with Gasteiger partial charge in [0.25, 0.3) is 0 Å². The zero-order valence-electron chi connectivity index (χ0n) is 11.2. The van der Waals surface area contributed by atoms with Crippen LogP contribution in [0.3, 0.4) is 0 Å². The Morgan fingerprint density at radius 1 is 1.17 bits per heavy atom. The number of benzene rings is 1. The second-order valence-corrected chi connectivity index (χ2v) is 4.19. The van der Waals surface area contributed by atoms with Crippen molar-refractivity contribution in [1.82, 2.24) is 0 Å². The van der Waals surface area contributed by atoms with Crippen LogP contribution in [0.1, 0.15) is 50.7 Å². The summed E-state index contributed by atoms with van der Waals surface area (Å²) in [6.45, 7) is 4.35. The fourth-order valence-corrected chi connectivity index (χ4v) is 1.76. The molecule has 0 radical (unpaired) electrons. The van der Waals surface area contributed by atoms with E-state index in [1.807, 2.05) is 12.1 Å². The molecule has 0 N–H and O–H groups in total. The Morgan fingerprint density at radius 3 is 2.39 bits per heavy atom. The molecule has 0 unspecified atom stereocenters. The van der Waals surface area contributed by atoms with Gasteiger partial charge in [-0.2, -0.15) is 5.26 Å². The van der Waals surface area contributed by atoms with Crippen LogP contribution in [0.15, 0.2) is 35.9 Å². The lowest BCUT2D eigenvalue weighted by Gasteiger charge is -1.99. The molecule has 0 aliphatic rings. The fraction of sp³-hybridized carbons (Fsp3) is 0.353. The molecule has 18 heavy (non-hydrogen) atoms. The molecule has 0 aliphatic heterocycles. The maximum atomic E-state index is 8.70. The van der Waals surface area contributed by atoms with Crippen LogP contribution in [-0.4, -0.2) is 0 Å². The number of allylic oxidation sites excluding steroid dienone is 2. The van der Waals surface area contributed by atoms with Gasteiger partial charge in [-0.3, -0.25) is 0 Å². The summed E-state index contributed by atoms with van der Waals surface area (Å²) in [7, 11) is 0. The Bertz CT molecular complexity index is 489. The van der Waals surface area contributed by atoms with E-state index in [4.69, 9.17) is 5.26 Å². The summed E-state index contributed by atoms with van der Waals surface area (Å²) >= 11 is 0. The molecule has 1 aromatic carbocycles. The van der Waals surface area contributed by atoms with Gasteiger partial charge in [0.05, 0.1) is 11.6 Å². The van der Waals surface area contributed by atoms with Gasteiger partial charge >= 0.3 is 0 Å². The molecule has 1 nitrogen and oxygen atoms in total. The molecule has 0 aliphatic carbocycles. The molecule has 1 aromatic rings. The smallest absolute Gasteiger partial charge is 0.0991 e. The second kappa shape index (κ2) is 8.15. The number of hydrogen-bond acceptors (Lipinski definition) is 1. The molecule has 0 saturated heterocycles. The summed E-state index contributed by atoms with van der Waals surface area (Å²) in [6, 6.07) is 9.51. The average Bonchev–Trinajstić information content (AvgIpc) is 2.40. The SMILES string of the molecule is CC/C=C(\CC#Cc1ccc(C#N)cc1)CCC. The standard InChI is InChI=1S/C17H19N/c1-3-6-15(7-4-2)8-5-9-16-10-12-17(14-18)13-11-16/h6,10-13H,3-4,7-8H2,1-2H3/b15-6-. The van der Waals surface area contributed by atoms with Gasteiger partial charge in [-0.25, -0.2) is 0 Å². The van der Waals surface area contributed by atoms with Gasteiger partial charge in [0.2, 0.25) is 0 Å². The van der Waals surface area contributed by atoms with E-state index in [2.05, 4.69) is 37.8 Å². The molecular formula is C17H19N. The summed E-state index contributed by atoms with van der Waals surface area (Å²) in [5.74, 6) is 6.35. The minimum Gasteiger partial charge on any atom is -0.192 e. The summed E-state index contributed by atoms with van der Waals surface area (Å²) < 4.78 is 0. The zero-order chi connectivity index (χ0) is 13.2. The Morgan fingerprint density at radius 2 is 1.83 bits per heavy atom. The first kappa shape index (κ1) is 14.1. The molecule has 1 rings (SSSR count). The van der Waals surface area contributed by atoms with E-state index in [-0.39, 0.29) is 0 Å². The van der Waals surface area contributed by atoms with Gasteiger partial charge in [-0.1, -0.05) is 43.8 Å². The van der Waals surface area contributed by atoms with Crippen molar-refractivity contribution < 1.29 is 0 Å². The van der Waals surface area contributed by atoms with Crippen LogP contribution in [0.2, 0.25) is 0 Å². The third-order valence-corrected chi connectivity index (χ3v) is 2.63. The van der Waals surface area contributed by atoms with Gasteiger partial charge in [0, 0.05) is 12.0 Å². The van der Waals surface area contributed by atoms with Crippen molar-refractivity contribution in [3.63, 3.8) is 0 Å². The third kappa shape index (κ3) is 4.89. The molecular weight excluding hydrogens is 218 g/mol. The van der Waals surface area contributed by atoms with Crippen molar-refractivity contribution in [2.75, 3.05) is 0 Å². The summed E-state index contributed by atoms with van der Waals surface area (Å²) in [4.78, 5) is 0. The lowest BCUT2D eigenvalue weighted by atomic mass is 10.1. The maximum Gasteiger partial charge on any atom is 0.0991 e. The van der Waals surface area contributed by atoms with Crippen LogP contribution in [0.5, 0.6) is 0 Å². The van der Waals surface area contributed by atoms with Crippen molar-refractivity contribution in [3.8, 4) is 17.9 Å². The van der Waals surface area contributed by atoms with Gasteiger partial charge in [-0.15, -0.1) is 0 Å². The Labute approximate surface area is 110 Å². The molecule has 0 bridgehead atoms. The first-order valence-corrected chi connectivity index (χ1v) is 6.47. The minimum absolute atomic E-state index is 0.679. The monoisotopic (exact) mass is 237 g/mol. The van der Waals surface area contributed by atoms with Crippen LogP contribution in [0, 0.1) is 23.2 Å². The van der Waals surface area contributed by atoms with Crippen LogP contribution >= 0.6 is 0 Å². The van der Waals surface area contributed by atoms with E-state index >= 15 is 0 Å². The van der Waals surface area contributed by atoms with Crippen LogP contribution < -0.4 is 0 Å². The van der Waals surface area contributed by atoms with Crippen LogP contribution in [0.25, 0.3) is 0 Å². The summed E-state index contributed by atoms with van der Waals surface area (Å²) in [6.07, 6.45) is 6.51. The molecule has 0 atom stereocenters. The van der Waals surface area contributed by atoms with E-state index in [1.54, 1.807) is 12.1 Å². The molecule has 0 saturated carbocycles. The van der Waals surface area contributed by atoms with Gasteiger partial charge in [0.15, 0.2) is 0 Å². The highest BCUT2D eigenvalue weighted by Gasteiger charge is 1.93. The first-order chi connectivity index (χ1) is 8.80. The number of rotatable bonds is 4. The zero-order valence-corrected chi connectivity index (χ0v) is 11.2. The fourth-order valence-electron chi connectivity index (χ4n) is 1.76. The van der Waals surface area contributed by atoms with Crippen molar-refractivity contribution in [2.24, 2.45) is 0 Å². The molecule has 92 valence electrons. The Hall–Kier alpha value is -1.99. The average molecular weight is 237 g/mol. The van der Waals surface area contributed by atoms with E-state index in [9.17, 15) is 0 Å². The highest BCUT2D eigenvalue weighted by molar-refractivity contribution is 5.40. The van der Waals surface area contributed by atoms with E-state index in [0.717, 1.165) is 24.8 Å². The first-order valence-electron chi connectivity index (χ1n) is 6.47. The number of hydrogen-bond donors (Lipinski definition) is 0. The second-order valence-electron chi connectivity index (χ2n) is 4.19. The third-order valence-electron chi connectivity index (χ3n) is 2.63. The Balaban J connectivity index is 2.64. The molecule has 0 heterocycles. The molecule has 0 fully saturated rings. The lowest BCUT2D eigenvalue weighted by Crippen LogP contribution is -1.82. The number of nitriles is 1. The van der Waals surface area contributed by atoms with E-state index in [1.165, 1.54) is 12.0 Å². The molecule has 0 amide bonds. The molecule has 0 aromatic heterocycles. The predicted molar refractivity (Wildman–Crippen MR) is 75.9 cm³/mol. The van der Waals surface area contributed by atoms with E-state index in [0.29, 0.717) is 5.56 Å². The summed E-state index contributed by atoms with van der Waals surface area (Å²) in [5, 5.41) is 8.70. The molecule has 0 spiro atoms. The maximum absolute atomic E-state index is 8.70. The predicted octanol–water partition coefficient (Wildman–Crippen LogP) is 4.44. The van der Waals surface area contributed by atoms with Crippen molar-refractivity contribution in [2.45, 2.75) is 39.5 Å². The van der Waals surface area contributed by atoms with Gasteiger partial charge < -0.3 is 0 Å². The number of nitrogens with zero attached hydrogens (tertiary/aromatic N) is 1. The van der Waals surface area contributed by atoms with Crippen LogP contribution in [0.4, 0.5) is 0 Å². The van der Waals surface area contributed by atoms with Gasteiger partial charge in [0.1, 0.15) is 0 Å². The highest BCUT2D eigenvalue weighted by Crippen LogP contribution is 2.10. The largest absolute Gasteiger partial charge is 0.192 e. The van der Waals surface area contributed by atoms with Crippen molar-refractivity contribution >= 4 is 0 Å². The molecule has 1 heteroatoms. The lowest BCUT2D eigenvalue weighted by molar-refractivity contribution is 0.875. The summed E-state index contributed by atoms with van der Waals surface area (Å²) in [5.41, 5.74) is 3.08. The van der Waals surface area contributed by atoms with Crippen LogP contribution in [-0.2, 0) is 0 Å². The topological polar surface area (TPSA) is 23.8 Å². The van der Waals surface area contributed by atoms with Crippen molar-refractivity contribution in [1.29, 1.82) is 5.26 Å².